The molecule has 1 aromatic rings. The highest BCUT2D eigenvalue weighted by molar-refractivity contribution is 5.81. The Labute approximate surface area is 80.5 Å². The van der Waals surface area contributed by atoms with Gasteiger partial charge in [-0.1, -0.05) is 37.6 Å². The lowest BCUT2D eigenvalue weighted by molar-refractivity contribution is 1.26. The van der Waals surface area contributed by atoms with Gasteiger partial charge < -0.3 is 5.84 Å². The minimum atomic E-state index is 1.08. The van der Waals surface area contributed by atoms with E-state index in [2.05, 4.69) is 18.1 Å². The van der Waals surface area contributed by atoms with Crippen LogP contribution in [0.25, 0.3) is 0 Å². The molecule has 72 valence electrons. The Balaban J connectivity index is 0.000000671. The maximum Gasteiger partial charge on any atom is 0.0540 e. The number of benzene rings is 1. The van der Waals surface area contributed by atoms with Gasteiger partial charge in [0.05, 0.1) is 6.21 Å². The zero-order chi connectivity index (χ0) is 10.3. The van der Waals surface area contributed by atoms with Crippen molar-refractivity contribution in [1.29, 1.82) is 0 Å². The molecule has 0 heterocycles. The molecular weight excluding hydrogens is 160 g/mol. The minimum Gasteiger partial charge on any atom is -0.323 e. The van der Waals surface area contributed by atoms with Gasteiger partial charge in [-0.05, 0) is 25.0 Å². The van der Waals surface area contributed by atoms with Gasteiger partial charge in [-0.2, -0.15) is 5.10 Å². The molecule has 13 heavy (non-hydrogen) atoms. The molecule has 1 rings (SSSR count). The van der Waals surface area contributed by atoms with Crippen LogP contribution in [0.3, 0.4) is 0 Å². The molecule has 0 aromatic heterocycles. The first kappa shape index (κ1) is 11.7. The summed E-state index contributed by atoms with van der Waals surface area (Å²) in [5.41, 5.74) is 3.55. The Kier molecular flexibility index (Phi) is 5.60. The lowest BCUT2D eigenvalue weighted by atomic mass is 10.1. The van der Waals surface area contributed by atoms with Crippen molar-refractivity contribution in [3.8, 4) is 0 Å². The van der Waals surface area contributed by atoms with Gasteiger partial charge in [0, 0.05) is 0 Å². The second-order valence-corrected chi connectivity index (χ2v) is 2.64. The Hall–Kier alpha value is -1.31. The van der Waals surface area contributed by atoms with Crippen LogP contribution in [0.4, 0.5) is 0 Å². The average Bonchev–Trinajstić information content (AvgIpc) is 2.14. The Bertz CT molecular complexity index is 277. The topological polar surface area (TPSA) is 38.4 Å². The fraction of sp³-hybridized carbons (Fsp3) is 0.364. The molecule has 0 radical (unpaired) electrons. The van der Waals surface area contributed by atoms with Crippen LogP contribution in [-0.4, -0.2) is 6.21 Å². The second kappa shape index (κ2) is 6.23. The van der Waals surface area contributed by atoms with E-state index >= 15 is 0 Å². The molecule has 2 nitrogen and oxygen atoms in total. The van der Waals surface area contributed by atoms with E-state index in [-0.39, 0.29) is 0 Å². The third-order valence-electron chi connectivity index (χ3n) is 1.64. The SMILES string of the molecule is CC.Cc1ccc(/C=N\N)c(C)c1. The number of aryl methyl sites for hydroxylation is 2. The minimum absolute atomic E-state index is 1.08. The molecule has 2 heteroatoms. The summed E-state index contributed by atoms with van der Waals surface area (Å²) in [6, 6.07) is 6.17. The highest BCUT2D eigenvalue weighted by atomic mass is 15.1. The standard InChI is InChI=1S/C9H12N2.C2H6/c1-7-3-4-9(6-11-10)8(2)5-7;1-2/h3-6H,10H2,1-2H3;1-2H3/b11-6-;. The van der Waals surface area contributed by atoms with Gasteiger partial charge in [0.25, 0.3) is 0 Å². The lowest BCUT2D eigenvalue weighted by Crippen LogP contribution is -1.90. The summed E-state index contributed by atoms with van der Waals surface area (Å²) in [6.45, 7) is 8.11. The average molecular weight is 178 g/mol. The third-order valence-corrected chi connectivity index (χ3v) is 1.64. The van der Waals surface area contributed by atoms with Crippen molar-refractivity contribution in [2.24, 2.45) is 10.9 Å². The molecule has 0 fully saturated rings. The van der Waals surface area contributed by atoms with Crippen LogP contribution in [-0.2, 0) is 0 Å². The van der Waals surface area contributed by atoms with E-state index in [1.165, 1.54) is 11.1 Å². The summed E-state index contributed by atoms with van der Waals surface area (Å²) in [5.74, 6) is 5.04. The largest absolute Gasteiger partial charge is 0.323 e. The molecule has 0 atom stereocenters. The predicted octanol–water partition coefficient (Wildman–Crippen LogP) is 2.62. The van der Waals surface area contributed by atoms with Gasteiger partial charge in [0.1, 0.15) is 0 Å². The molecule has 0 bridgehead atoms. The van der Waals surface area contributed by atoms with Crippen molar-refractivity contribution in [2.45, 2.75) is 27.7 Å². The van der Waals surface area contributed by atoms with E-state index in [4.69, 9.17) is 5.84 Å². The monoisotopic (exact) mass is 178 g/mol. The Morgan fingerprint density at radius 2 is 1.85 bits per heavy atom. The summed E-state index contributed by atoms with van der Waals surface area (Å²) in [7, 11) is 0. The van der Waals surface area contributed by atoms with Crippen molar-refractivity contribution in [3.05, 3.63) is 34.9 Å². The van der Waals surface area contributed by atoms with Gasteiger partial charge in [0.15, 0.2) is 0 Å². The van der Waals surface area contributed by atoms with E-state index < -0.39 is 0 Å². The smallest absolute Gasteiger partial charge is 0.0540 e. The van der Waals surface area contributed by atoms with Crippen LogP contribution in [0.5, 0.6) is 0 Å². The van der Waals surface area contributed by atoms with Crippen LogP contribution in [0.15, 0.2) is 23.3 Å². The van der Waals surface area contributed by atoms with Gasteiger partial charge in [-0.3, -0.25) is 0 Å². The number of nitrogens with two attached hydrogens (primary N) is 1. The molecule has 0 unspecified atom stereocenters. The van der Waals surface area contributed by atoms with E-state index in [1.54, 1.807) is 6.21 Å². The number of hydrazone groups is 1. The van der Waals surface area contributed by atoms with Crippen molar-refractivity contribution in [2.75, 3.05) is 0 Å². The van der Waals surface area contributed by atoms with Crippen molar-refractivity contribution >= 4 is 6.21 Å². The maximum absolute atomic E-state index is 5.04. The van der Waals surface area contributed by atoms with Crippen molar-refractivity contribution < 1.29 is 0 Å². The quantitative estimate of drug-likeness (QED) is 0.400. The normalized spacial score (nSPS) is 9.54. The maximum atomic E-state index is 5.04. The zero-order valence-electron chi connectivity index (χ0n) is 8.83. The summed E-state index contributed by atoms with van der Waals surface area (Å²) in [4.78, 5) is 0. The van der Waals surface area contributed by atoms with Gasteiger partial charge >= 0.3 is 0 Å². The summed E-state index contributed by atoms with van der Waals surface area (Å²) in [5, 5.41) is 3.47. The van der Waals surface area contributed by atoms with Gasteiger partial charge in [0.2, 0.25) is 0 Å². The Morgan fingerprint density at radius 3 is 2.31 bits per heavy atom. The van der Waals surface area contributed by atoms with Gasteiger partial charge in [-0.15, -0.1) is 0 Å². The van der Waals surface area contributed by atoms with Crippen molar-refractivity contribution in [3.63, 3.8) is 0 Å². The molecule has 0 saturated carbocycles. The summed E-state index contributed by atoms with van der Waals surface area (Å²) in [6.07, 6.45) is 1.66. The summed E-state index contributed by atoms with van der Waals surface area (Å²) < 4.78 is 0. The first-order valence-electron chi connectivity index (χ1n) is 4.54. The van der Waals surface area contributed by atoms with Crippen LogP contribution in [0, 0.1) is 13.8 Å². The number of rotatable bonds is 1. The number of nitrogens with zero attached hydrogens (tertiary/aromatic N) is 1. The lowest BCUT2D eigenvalue weighted by Gasteiger charge is -1.99. The van der Waals surface area contributed by atoms with Crippen LogP contribution < -0.4 is 5.84 Å². The van der Waals surface area contributed by atoms with Gasteiger partial charge in [-0.25, -0.2) is 0 Å². The first-order chi connectivity index (χ1) is 6.24. The summed E-state index contributed by atoms with van der Waals surface area (Å²) >= 11 is 0. The molecule has 2 N–H and O–H groups in total. The van der Waals surface area contributed by atoms with Crippen molar-refractivity contribution in [1.82, 2.24) is 0 Å². The molecule has 0 spiro atoms. The fourth-order valence-corrected chi connectivity index (χ4v) is 1.05. The molecule has 0 saturated heterocycles. The van der Waals surface area contributed by atoms with Crippen LogP contribution >= 0.6 is 0 Å². The molecule has 1 aromatic carbocycles. The fourth-order valence-electron chi connectivity index (χ4n) is 1.05. The number of hydrogen-bond acceptors (Lipinski definition) is 2. The van der Waals surface area contributed by atoms with Crippen LogP contribution in [0.2, 0.25) is 0 Å². The van der Waals surface area contributed by atoms with E-state index in [1.807, 2.05) is 32.9 Å². The molecule has 0 aliphatic heterocycles. The third kappa shape index (κ3) is 3.74. The van der Waals surface area contributed by atoms with Crippen LogP contribution in [0.1, 0.15) is 30.5 Å². The van der Waals surface area contributed by atoms with E-state index in [0.717, 1.165) is 5.56 Å². The zero-order valence-corrected chi connectivity index (χ0v) is 8.83. The highest BCUT2D eigenvalue weighted by Gasteiger charge is 1.93. The molecular formula is C11H18N2. The molecule has 0 aliphatic carbocycles. The molecule has 0 aliphatic rings. The van der Waals surface area contributed by atoms with E-state index in [9.17, 15) is 0 Å². The number of hydrogen-bond donors (Lipinski definition) is 1. The first-order valence-corrected chi connectivity index (χ1v) is 4.54. The van der Waals surface area contributed by atoms with E-state index in [0.29, 0.717) is 0 Å². The Morgan fingerprint density at radius 1 is 1.23 bits per heavy atom. The highest BCUT2D eigenvalue weighted by Crippen LogP contribution is 2.07. The predicted molar refractivity (Wildman–Crippen MR) is 59.0 cm³/mol. The second-order valence-electron chi connectivity index (χ2n) is 2.64. The molecule has 0 amide bonds.